The highest BCUT2D eigenvalue weighted by Crippen LogP contribution is 2.10. The molecule has 0 fully saturated rings. The van der Waals surface area contributed by atoms with Gasteiger partial charge in [0.2, 0.25) is 0 Å². The van der Waals surface area contributed by atoms with Crippen LogP contribution < -0.4 is 5.32 Å². The number of esters is 1. The van der Waals surface area contributed by atoms with E-state index in [4.69, 9.17) is 4.74 Å². The average Bonchev–Trinajstić information content (AvgIpc) is 2.21. The van der Waals surface area contributed by atoms with Crippen LogP contribution in [0.15, 0.2) is 12.2 Å². The second-order valence-electron chi connectivity index (χ2n) is 4.61. The van der Waals surface area contributed by atoms with Crippen LogP contribution in [0.2, 0.25) is 0 Å². The molecule has 5 nitrogen and oxygen atoms in total. The number of nitrogens with one attached hydrogen (secondary N) is 1. The Morgan fingerprint density at radius 2 is 1.88 bits per heavy atom. The van der Waals surface area contributed by atoms with E-state index >= 15 is 0 Å². The number of amides is 1. The highest BCUT2D eigenvalue weighted by atomic mass is 16.6. The number of methoxy groups -OCH3 is 1. The second kappa shape index (κ2) is 6.27. The first-order valence-corrected chi connectivity index (χ1v) is 5.46. The van der Waals surface area contributed by atoms with E-state index in [1.165, 1.54) is 7.11 Å². The quantitative estimate of drug-likeness (QED) is 0.606. The second-order valence-corrected chi connectivity index (χ2v) is 4.61. The maximum absolute atomic E-state index is 11.5. The maximum atomic E-state index is 11.5. The molecule has 0 saturated carbocycles. The summed E-state index contributed by atoms with van der Waals surface area (Å²) in [5, 5.41) is 2.44. The van der Waals surface area contributed by atoms with Crippen LogP contribution >= 0.6 is 0 Å². The Bertz CT molecular complexity index is 288. The van der Waals surface area contributed by atoms with E-state index in [0.29, 0.717) is 12.0 Å². The van der Waals surface area contributed by atoms with Crippen molar-refractivity contribution < 1.29 is 19.1 Å². The van der Waals surface area contributed by atoms with Gasteiger partial charge in [-0.15, -0.1) is 0 Å². The van der Waals surface area contributed by atoms with Crippen molar-refractivity contribution in [2.75, 3.05) is 7.11 Å². The lowest BCUT2D eigenvalue weighted by Crippen LogP contribution is -2.44. The van der Waals surface area contributed by atoms with Gasteiger partial charge in [-0.25, -0.2) is 9.59 Å². The Balaban J connectivity index is 4.60. The topological polar surface area (TPSA) is 64.6 Å². The van der Waals surface area contributed by atoms with Gasteiger partial charge in [0.1, 0.15) is 5.60 Å². The Hall–Kier alpha value is -1.52. The van der Waals surface area contributed by atoms with Crippen molar-refractivity contribution in [3.8, 4) is 0 Å². The Kier molecular flexibility index (Phi) is 5.71. The van der Waals surface area contributed by atoms with E-state index in [1.807, 2.05) is 6.92 Å². The number of carbonyl (C=O) groups excluding carboxylic acids is 2. The summed E-state index contributed by atoms with van der Waals surface area (Å²) in [4.78, 5) is 23.0. The van der Waals surface area contributed by atoms with Crippen LogP contribution in [0, 0.1) is 0 Å². The molecule has 0 rings (SSSR count). The van der Waals surface area contributed by atoms with E-state index in [2.05, 4.69) is 16.6 Å². The monoisotopic (exact) mass is 243 g/mol. The van der Waals surface area contributed by atoms with Gasteiger partial charge in [0.15, 0.2) is 6.04 Å². The highest BCUT2D eigenvalue weighted by molar-refractivity contribution is 5.84. The molecule has 0 aromatic heterocycles. The van der Waals surface area contributed by atoms with Crippen LogP contribution in [0.3, 0.4) is 0 Å². The van der Waals surface area contributed by atoms with Gasteiger partial charge >= 0.3 is 12.1 Å². The van der Waals surface area contributed by atoms with Gasteiger partial charge in [0, 0.05) is 0 Å². The molecule has 0 saturated heterocycles. The van der Waals surface area contributed by atoms with Gasteiger partial charge in [-0.05, 0) is 32.8 Å². The molecule has 0 spiro atoms. The minimum absolute atomic E-state index is 0.553. The Labute approximate surface area is 102 Å². The lowest BCUT2D eigenvalue weighted by molar-refractivity contribution is -0.142. The molecule has 0 aliphatic heterocycles. The Morgan fingerprint density at radius 3 is 2.24 bits per heavy atom. The van der Waals surface area contributed by atoms with Crippen LogP contribution in [0.1, 0.15) is 34.1 Å². The van der Waals surface area contributed by atoms with Crippen LogP contribution in [-0.2, 0) is 14.3 Å². The zero-order valence-electron chi connectivity index (χ0n) is 11.1. The molecule has 0 aromatic carbocycles. The van der Waals surface area contributed by atoms with Gasteiger partial charge in [-0.3, -0.25) is 0 Å². The molecular formula is C12H21NO4. The van der Waals surface area contributed by atoms with E-state index < -0.39 is 23.7 Å². The standard InChI is InChI=1S/C12H21NO4/c1-7-8(2)9(10(14)16-6)13-11(15)17-12(3,4)5/h9H,2,7H2,1,3-6H3,(H,13,15). The smallest absolute Gasteiger partial charge is 0.408 e. The van der Waals surface area contributed by atoms with E-state index in [-0.39, 0.29) is 0 Å². The molecule has 5 heteroatoms. The first-order chi connectivity index (χ1) is 7.71. The summed E-state index contributed by atoms with van der Waals surface area (Å²) in [6, 6.07) is -0.861. The number of ether oxygens (including phenoxy) is 2. The summed E-state index contributed by atoms with van der Waals surface area (Å²) in [6.07, 6.45) is -0.0993. The number of carbonyl (C=O) groups is 2. The van der Waals surface area contributed by atoms with Gasteiger partial charge in [-0.1, -0.05) is 13.5 Å². The lowest BCUT2D eigenvalue weighted by atomic mass is 10.1. The maximum Gasteiger partial charge on any atom is 0.408 e. The molecule has 0 bridgehead atoms. The van der Waals surface area contributed by atoms with Crippen molar-refractivity contribution >= 4 is 12.1 Å². The zero-order chi connectivity index (χ0) is 13.6. The molecule has 0 heterocycles. The molecule has 0 radical (unpaired) electrons. The SMILES string of the molecule is C=C(CC)C(NC(=O)OC(C)(C)C)C(=O)OC. The fraction of sp³-hybridized carbons (Fsp3) is 0.667. The average molecular weight is 243 g/mol. The molecule has 1 amide bonds. The van der Waals surface area contributed by atoms with Crippen molar-refractivity contribution in [1.82, 2.24) is 5.32 Å². The summed E-state index contributed by atoms with van der Waals surface area (Å²) in [6.45, 7) is 10.8. The molecule has 1 N–H and O–H groups in total. The predicted molar refractivity (Wildman–Crippen MR) is 64.6 cm³/mol. The lowest BCUT2D eigenvalue weighted by Gasteiger charge is -2.23. The number of hydrogen-bond donors (Lipinski definition) is 1. The third kappa shape index (κ3) is 5.94. The number of hydrogen-bond acceptors (Lipinski definition) is 4. The molecule has 17 heavy (non-hydrogen) atoms. The van der Waals surface area contributed by atoms with Gasteiger partial charge in [-0.2, -0.15) is 0 Å². The third-order valence-corrected chi connectivity index (χ3v) is 1.96. The van der Waals surface area contributed by atoms with E-state index in [9.17, 15) is 9.59 Å². The van der Waals surface area contributed by atoms with Crippen molar-refractivity contribution in [1.29, 1.82) is 0 Å². The molecular weight excluding hydrogens is 222 g/mol. The summed E-state index contributed by atoms with van der Waals surface area (Å²) in [5.41, 5.74) is -0.0408. The summed E-state index contributed by atoms with van der Waals surface area (Å²) in [5.74, 6) is -0.553. The minimum Gasteiger partial charge on any atom is -0.467 e. The first kappa shape index (κ1) is 15.5. The highest BCUT2D eigenvalue weighted by Gasteiger charge is 2.26. The van der Waals surface area contributed by atoms with E-state index in [0.717, 1.165) is 0 Å². The first-order valence-electron chi connectivity index (χ1n) is 5.46. The zero-order valence-corrected chi connectivity index (χ0v) is 11.1. The van der Waals surface area contributed by atoms with Crippen LogP contribution in [0.25, 0.3) is 0 Å². The predicted octanol–water partition coefficient (Wildman–Crippen LogP) is 2.02. The van der Waals surface area contributed by atoms with Gasteiger partial charge in [0.05, 0.1) is 7.11 Å². The summed E-state index contributed by atoms with van der Waals surface area (Å²) >= 11 is 0. The third-order valence-electron chi connectivity index (χ3n) is 1.96. The molecule has 98 valence electrons. The fourth-order valence-electron chi connectivity index (χ4n) is 1.08. The van der Waals surface area contributed by atoms with Gasteiger partial charge < -0.3 is 14.8 Å². The molecule has 1 unspecified atom stereocenters. The fourth-order valence-corrected chi connectivity index (χ4v) is 1.08. The van der Waals surface area contributed by atoms with Crippen molar-refractivity contribution in [3.63, 3.8) is 0 Å². The summed E-state index contributed by atoms with van der Waals surface area (Å²) in [7, 11) is 1.26. The molecule has 0 aliphatic carbocycles. The van der Waals surface area contributed by atoms with Crippen LogP contribution in [-0.4, -0.2) is 30.8 Å². The van der Waals surface area contributed by atoms with Crippen molar-refractivity contribution in [2.45, 2.75) is 45.8 Å². The summed E-state index contributed by atoms with van der Waals surface area (Å²) < 4.78 is 9.65. The van der Waals surface area contributed by atoms with Gasteiger partial charge in [0.25, 0.3) is 0 Å². The van der Waals surface area contributed by atoms with Crippen LogP contribution in [0.4, 0.5) is 4.79 Å². The minimum atomic E-state index is -0.861. The van der Waals surface area contributed by atoms with Crippen LogP contribution in [0.5, 0.6) is 0 Å². The van der Waals surface area contributed by atoms with Crippen molar-refractivity contribution in [3.05, 3.63) is 12.2 Å². The molecule has 0 aliphatic rings. The number of rotatable bonds is 4. The van der Waals surface area contributed by atoms with Crippen molar-refractivity contribution in [2.24, 2.45) is 0 Å². The molecule has 1 atom stereocenters. The molecule has 0 aromatic rings. The van der Waals surface area contributed by atoms with E-state index in [1.54, 1.807) is 20.8 Å². The largest absolute Gasteiger partial charge is 0.467 e. The Morgan fingerprint density at radius 1 is 1.35 bits per heavy atom. The normalized spacial score (nSPS) is 12.5. The number of alkyl carbamates (subject to hydrolysis) is 1.